The second kappa shape index (κ2) is 5.38. The van der Waals surface area contributed by atoms with Gasteiger partial charge < -0.3 is 10.1 Å². The van der Waals surface area contributed by atoms with E-state index in [0.29, 0.717) is 6.10 Å². The van der Waals surface area contributed by atoms with E-state index in [2.05, 4.69) is 34.5 Å². The van der Waals surface area contributed by atoms with Gasteiger partial charge in [0.15, 0.2) is 0 Å². The van der Waals surface area contributed by atoms with Gasteiger partial charge in [0.2, 0.25) is 0 Å². The summed E-state index contributed by atoms with van der Waals surface area (Å²) in [4.78, 5) is 2.59. The second-order valence-electron chi connectivity index (χ2n) is 6.65. The van der Waals surface area contributed by atoms with Crippen molar-refractivity contribution in [2.75, 3.05) is 26.2 Å². The molecular formula is C17H24N2O. The van der Waals surface area contributed by atoms with Gasteiger partial charge in [0, 0.05) is 25.6 Å². The summed E-state index contributed by atoms with van der Waals surface area (Å²) in [6.45, 7) is 4.80. The number of hydrogen-bond acceptors (Lipinski definition) is 3. The predicted octanol–water partition coefficient (Wildman–Crippen LogP) is 2.06. The second-order valence-corrected chi connectivity index (χ2v) is 6.65. The van der Waals surface area contributed by atoms with E-state index in [0.717, 1.165) is 30.7 Å². The van der Waals surface area contributed by atoms with Gasteiger partial charge in [-0.1, -0.05) is 18.2 Å². The lowest BCUT2D eigenvalue weighted by Crippen LogP contribution is -2.34. The van der Waals surface area contributed by atoms with Gasteiger partial charge in [-0.3, -0.25) is 4.90 Å². The highest BCUT2D eigenvalue weighted by molar-refractivity contribution is 5.37. The highest BCUT2D eigenvalue weighted by Gasteiger charge is 2.30. The number of para-hydroxylation sites is 1. The maximum atomic E-state index is 6.05. The van der Waals surface area contributed by atoms with Gasteiger partial charge in [-0.15, -0.1) is 0 Å². The molecule has 1 aromatic rings. The fourth-order valence-electron chi connectivity index (χ4n) is 3.51. The molecule has 0 bridgehead atoms. The molecule has 2 unspecified atom stereocenters. The first-order valence-electron chi connectivity index (χ1n) is 8.07. The first-order chi connectivity index (χ1) is 9.87. The van der Waals surface area contributed by atoms with Crippen molar-refractivity contribution in [1.82, 2.24) is 10.2 Å². The summed E-state index contributed by atoms with van der Waals surface area (Å²) in [6.07, 6.45) is 5.58. The number of likely N-dealkylation sites (tertiary alicyclic amines) is 1. The van der Waals surface area contributed by atoms with Crippen molar-refractivity contribution in [3.63, 3.8) is 0 Å². The van der Waals surface area contributed by atoms with Gasteiger partial charge in [0.25, 0.3) is 0 Å². The molecule has 0 radical (unpaired) electrons. The zero-order chi connectivity index (χ0) is 13.4. The van der Waals surface area contributed by atoms with Gasteiger partial charge in [-0.25, -0.2) is 0 Å². The van der Waals surface area contributed by atoms with E-state index in [1.807, 2.05) is 0 Å². The fourth-order valence-corrected chi connectivity index (χ4v) is 3.51. The summed E-state index contributed by atoms with van der Waals surface area (Å²) in [5.74, 6) is 1.95. The van der Waals surface area contributed by atoms with Crippen LogP contribution in [0.1, 0.15) is 24.8 Å². The maximum absolute atomic E-state index is 6.05. The first kappa shape index (κ1) is 12.7. The van der Waals surface area contributed by atoms with E-state index in [1.165, 1.54) is 44.5 Å². The van der Waals surface area contributed by atoms with Crippen LogP contribution in [0.3, 0.4) is 0 Å². The molecule has 3 aliphatic rings. The zero-order valence-corrected chi connectivity index (χ0v) is 12.1. The van der Waals surface area contributed by atoms with Gasteiger partial charge in [0.1, 0.15) is 11.9 Å². The fraction of sp³-hybridized carbons (Fsp3) is 0.647. The van der Waals surface area contributed by atoms with Gasteiger partial charge >= 0.3 is 0 Å². The SMILES string of the molecule is c1ccc2c(c1)CC(CN1CCC(CNC3CC3)C1)O2. The quantitative estimate of drug-likeness (QED) is 0.888. The van der Waals surface area contributed by atoms with Crippen molar-refractivity contribution in [2.24, 2.45) is 5.92 Å². The minimum atomic E-state index is 0.363. The van der Waals surface area contributed by atoms with Crippen LogP contribution >= 0.6 is 0 Å². The van der Waals surface area contributed by atoms with E-state index in [1.54, 1.807) is 0 Å². The Labute approximate surface area is 121 Å². The van der Waals surface area contributed by atoms with Crippen LogP contribution in [-0.2, 0) is 6.42 Å². The summed E-state index contributed by atoms with van der Waals surface area (Å²) < 4.78 is 6.05. The van der Waals surface area contributed by atoms with Crippen LogP contribution in [-0.4, -0.2) is 43.2 Å². The summed E-state index contributed by atoms with van der Waals surface area (Å²) in [7, 11) is 0. The smallest absolute Gasteiger partial charge is 0.123 e. The van der Waals surface area contributed by atoms with Crippen LogP contribution < -0.4 is 10.1 Å². The first-order valence-corrected chi connectivity index (χ1v) is 8.07. The van der Waals surface area contributed by atoms with Crippen LogP contribution in [0.25, 0.3) is 0 Å². The van der Waals surface area contributed by atoms with Crippen LogP contribution in [0.15, 0.2) is 24.3 Å². The van der Waals surface area contributed by atoms with Gasteiger partial charge in [-0.2, -0.15) is 0 Å². The van der Waals surface area contributed by atoms with Crippen molar-refractivity contribution in [3.8, 4) is 5.75 Å². The van der Waals surface area contributed by atoms with Crippen molar-refractivity contribution < 1.29 is 4.74 Å². The average molecular weight is 272 g/mol. The van der Waals surface area contributed by atoms with Crippen LogP contribution in [0.5, 0.6) is 5.75 Å². The van der Waals surface area contributed by atoms with E-state index < -0.39 is 0 Å². The van der Waals surface area contributed by atoms with E-state index in [-0.39, 0.29) is 0 Å². The highest BCUT2D eigenvalue weighted by atomic mass is 16.5. The van der Waals surface area contributed by atoms with Crippen LogP contribution in [0.2, 0.25) is 0 Å². The van der Waals surface area contributed by atoms with Crippen molar-refractivity contribution in [1.29, 1.82) is 0 Å². The van der Waals surface area contributed by atoms with E-state index in [4.69, 9.17) is 4.74 Å². The standard InChI is InChI=1S/C17H24N2O/c1-2-4-17-14(3-1)9-16(20-17)12-19-8-7-13(11-19)10-18-15-5-6-15/h1-4,13,15-16,18H,5-12H2. The number of nitrogens with one attached hydrogen (secondary N) is 1. The summed E-state index contributed by atoms with van der Waals surface area (Å²) >= 11 is 0. The molecular weight excluding hydrogens is 248 g/mol. The van der Waals surface area contributed by atoms with E-state index >= 15 is 0 Å². The van der Waals surface area contributed by atoms with Crippen LogP contribution in [0.4, 0.5) is 0 Å². The molecule has 0 amide bonds. The largest absolute Gasteiger partial charge is 0.488 e. The zero-order valence-electron chi connectivity index (χ0n) is 12.1. The van der Waals surface area contributed by atoms with Crippen molar-refractivity contribution >= 4 is 0 Å². The molecule has 1 saturated carbocycles. The molecule has 3 heteroatoms. The van der Waals surface area contributed by atoms with Crippen molar-refractivity contribution in [3.05, 3.63) is 29.8 Å². The molecule has 1 aromatic carbocycles. The molecule has 2 aliphatic heterocycles. The average Bonchev–Trinajstić information content (AvgIpc) is 3.04. The molecule has 1 aliphatic carbocycles. The Morgan fingerprint density at radius 1 is 1.20 bits per heavy atom. The van der Waals surface area contributed by atoms with Crippen molar-refractivity contribution in [2.45, 2.75) is 37.8 Å². The topological polar surface area (TPSA) is 24.5 Å². The molecule has 2 heterocycles. The molecule has 1 saturated heterocycles. The Kier molecular flexibility index (Phi) is 3.41. The molecule has 2 atom stereocenters. The molecule has 0 spiro atoms. The molecule has 20 heavy (non-hydrogen) atoms. The number of ether oxygens (including phenoxy) is 1. The monoisotopic (exact) mass is 272 g/mol. The normalized spacial score (nSPS) is 29.4. The third-order valence-electron chi connectivity index (χ3n) is 4.82. The Balaban J connectivity index is 1.24. The Morgan fingerprint density at radius 3 is 2.95 bits per heavy atom. The minimum Gasteiger partial charge on any atom is -0.488 e. The molecule has 4 rings (SSSR count). The van der Waals surface area contributed by atoms with Gasteiger partial charge in [-0.05, 0) is 49.9 Å². The Bertz CT molecular complexity index is 447. The molecule has 2 fully saturated rings. The third-order valence-corrected chi connectivity index (χ3v) is 4.82. The van der Waals surface area contributed by atoms with Gasteiger partial charge in [0.05, 0.1) is 0 Å². The van der Waals surface area contributed by atoms with E-state index in [9.17, 15) is 0 Å². The lowest BCUT2D eigenvalue weighted by Gasteiger charge is -2.20. The predicted molar refractivity (Wildman–Crippen MR) is 80.1 cm³/mol. The number of fused-ring (bicyclic) bond motifs is 1. The number of rotatable bonds is 5. The number of nitrogens with zero attached hydrogens (tertiary/aromatic N) is 1. The summed E-state index contributed by atoms with van der Waals surface area (Å²) in [5.41, 5.74) is 1.38. The summed E-state index contributed by atoms with van der Waals surface area (Å²) in [5, 5.41) is 3.67. The third kappa shape index (κ3) is 2.84. The molecule has 1 N–H and O–H groups in total. The number of benzene rings is 1. The molecule has 0 aromatic heterocycles. The molecule has 3 nitrogen and oxygen atoms in total. The minimum absolute atomic E-state index is 0.363. The molecule has 108 valence electrons. The lowest BCUT2D eigenvalue weighted by atomic mass is 10.1. The maximum Gasteiger partial charge on any atom is 0.123 e. The lowest BCUT2D eigenvalue weighted by molar-refractivity contribution is 0.165. The summed E-state index contributed by atoms with van der Waals surface area (Å²) in [6, 6.07) is 9.32. The Hall–Kier alpha value is -1.06. The highest BCUT2D eigenvalue weighted by Crippen LogP contribution is 2.29. The Morgan fingerprint density at radius 2 is 2.10 bits per heavy atom. The number of hydrogen-bond donors (Lipinski definition) is 1. The van der Waals surface area contributed by atoms with Crippen LogP contribution in [0, 0.1) is 5.92 Å².